The first-order valence-electron chi connectivity index (χ1n) is 12.4. The number of carbonyl (C=O) groups excluding carboxylic acids is 1. The highest BCUT2D eigenvalue weighted by Gasteiger charge is 2.42. The maximum absolute atomic E-state index is 13.6. The molecule has 1 aliphatic heterocycles. The summed E-state index contributed by atoms with van der Waals surface area (Å²) in [6, 6.07) is 14.4. The molecule has 0 radical (unpaired) electrons. The van der Waals surface area contributed by atoms with Crippen molar-refractivity contribution in [3.63, 3.8) is 0 Å². The summed E-state index contributed by atoms with van der Waals surface area (Å²) in [7, 11) is 0. The topological polar surface area (TPSA) is 63.0 Å². The standard InChI is InChI=1S/C28H34N2O4/c1-4-7-10-18-33-21-13-11-12-20(19-21)25-24-26(31)22-14-8-9-15-23(22)34-27(24)28(32)30(25)17-16-29(5-2)6-3/h8-9,11-15,19,25H,4-7,10,16-18H2,1-3H3. The molecule has 0 saturated carbocycles. The highest BCUT2D eigenvalue weighted by molar-refractivity contribution is 5.99. The lowest BCUT2D eigenvalue weighted by Gasteiger charge is -2.28. The molecule has 1 aromatic heterocycles. The zero-order valence-electron chi connectivity index (χ0n) is 20.4. The van der Waals surface area contributed by atoms with Crippen LogP contribution in [-0.4, -0.2) is 48.5 Å². The van der Waals surface area contributed by atoms with Crippen LogP contribution in [-0.2, 0) is 0 Å². The lowest BCUT2D eigenvalue weighted by molar-refractivity contribution is 0.0708. The van der Waals surface area contributed by atoms with Crippen molar-refractivity contribution in [2.75, 3.05) is 32.8 Å². The molecular weight excluding hydrogens is 428 g/mol. The molecule has 34 heavy (non-hydrogen) atoms. The van der Waals surface area contributed by atoms with E-state index in [1.807, 2.05) is 36.4 Å². The van der Waals surface area contributed by atoms with Crippen LogP contribution in [0.4, 0.5) is 0 Å². The number of hydrogen-bond donors (Lipinski definition) is 0. The second kappa shape index (κ2) is 10.9. The molecule has 1 atom stereocenters. The monoisotopic (exact) mass is 462 g/mol. The maximum atomic E-state index is 13.6. The van der Waals surface area contributed by atoms with Gasteiger partial charge in [-0.2, -0.15) is 0 Å². The van der Waals surface area contributed by atoms with Gasteiger partial charge in [0.1, 0.15) is 11.3 Å². The molecule has 180 valence electrons. The lowest BCUT2D eigenvalue weighted by atomic mass is 9.98. The highest BCUT2D eigenvalue weighted by atomic mass is 16.5. The molecule has 2 heterocycles. The van der Waals surface area contributed by atoms with Gasteiger partial charge < -0.3 is 19.0 Å². The number of likely N-dealkylation sites (N-methyl/N-ethyl adjacent to an activating group) is 1. The van der Waals surface area contributed by atoms with Gasteiger partial charge in [-0.15, -0.1) is 0 Å². The van der Waals surface area contributed by atoms with Crippen molar-refractivity contribution in [2.45, 2.75) is 46.1 Å². The van der Waals surface area contributed by atoms with Crippen molar-refractivity contribution in [1.29, 1.82) is 0 Å². The molecule has 0 bridgehead atoms. The first-order chi connectivity index (χ1) is 16.6. The van der Waals surface area contributed by atoms with Crippen LogP contribution >= 0.6 is 0 Å². The van der Waals surface area contributed by atoms with E-state index in [9.17, 15) is 9.59 Å². The minimum Gasteiger partial charge on any atom is -0.494 e. The highest BCUT2D eigenvalue weighted by Crippen LogP contribution is 2.38. The maximum Gasteiger partial charge on any atom is 0.290 e. The average molecular weight is 463 g/mol. The predicted octanol–water partition coefficient (Wildman–Crippen LogP) is 5.25. The van der Waals surface area contributed by atoms with E-state index in [1.165, 1.54) is 0 Å². The van der Waals surface area contributed by atoms with E-state index in [2.05, 4.69) is 25.7 Å². The van der Waals surface area contributed by atoms with E-state index >= 15 is 0 Å². The zero-order chi connectivity index (χ0) is 24.1. The van der Waals surface area contributed by atoms with Gasteiger partial charge in [-0.1, -0.05) is 57.9 Å². The molecule has 0 fully saturated rings. The van der Waals surface area contributed by atoms with Gasteiger partial charge in [0.2, 0.25) is 5.76 Å². The van der Waals surface area contributed by atoms with Crippen LogP contribution < -0.4 is 10.2 Å². The molecule has 1 amide bonds. The van der Waals surface area contributed by atoms with Crippen molar-refractivity contribution < 1.29 is 13.9 Å². The van der Waals surface area contributed by atoms with Gasteiger partial charge in [-0.05, 0) is 49.3 Å². The number of benzene rings is 2. The summed E-state index contributed by atoms with van der Waals surface area (Å²) in [5.74, 6) is 0.676. The van der Waals surface area contributed by atoms with Crippen LogP contribution in [0.2, 0.25) is 0 Å². The van der Waals surface area contributed by atoms with Gasteiger partial charge in [-0.3, -0.25) is 9.59 Å². The fourth-order valence-electron chi connectivity index (χ4n) is 4.65. The molecule has 0 saturated heterocycles. The van der Waals surface area contributed by atoms with E-state index in [4.69, 9.17) is 9.15 Å². The van der Waals surface area contributed by atoms with Crippen LogP contribution in [0.25, 0.3) is 11.0 Å². The Hall–Kier alpha value is -3.12. The summed E-state index contributed by atoms with van der Waals surface area (Å²) in [4.78, 5) is 31.2. The number of nitrogens with zero attached hydrogens (tertiary/aromatic N) is 2. The summed E-state index contributed by atoms with van der Waals surface area (Å²) in [5, 5.41) is 0.497. The summed E-state index contributed by atoms with van der Waals surface area (Å²) in [6.07, 6.45) is 3.25. The van der Waals surface area contributed by atoms with Crippen LogP contribution in [0.1, 0.15) is 67.8 Å². The number of carbonyl (C=O) groups is 1. The van der Waals surface area contributed by atoms with Gasteiger partial charge in [0.15, 0.2) is 5.43 Å². The second-order valence-corrected chi connectivity index (χ2v) is 8.73. The van der Waals surface area contributed by atoms with Crippen molar-refractivity contribution >= 4 is 16.9 Å². The second-order valence-electron chi connectivity index (χ2n) is 8.73. The Morgan fingerprint density at radius 1 is 1.00 bits per heavy atom. The number of rotatable bonds is 11. The van der Waals surface area contributed by atoms with Crippen molar-refractivity contribution in [3.05, 3.63) is 75.6 Å². The van der Waals surface area contributed by atoms with Gasteiger partial charge in [0, 0.05) is 13.1 Å². The number of fused-ring (bicyclic) bond motifs is 2. The Kier molecular flexibility index (Phi) is 7.68. The normalized spacial score (nSPS) is 15.4. The minimum absolute atomic E-state index is 0.144. The van der Waals surface area contributed by atoms with Crippen LogP contribution in [0, 0.1) is 0 Å². The molecule has 4 rings (SSSR count). The first kappa shape index (κ1) is 24.0. The van der Waals surface area contributed by atoms with Crippen molar-refractivity contribution in [2.24, 2.45) is 0 Å². The summed E-state index contributed by atoms with van der Waals surface area (Å²) >= 11 is 0. The van der Waals surface area contributed by atoms with E-state index in [0.717, 1.165) is 50.2 Å². The van der Waals surface area contributed by atoms with Crippen LogP contribution in [0.3, 0.4) is 0 Å². The molecular formula is C28H34N2O4. The Morgan fingerprint density at radius 2 is 1.79 bits per heavy atom. The van der Waals surface area contributed by atoms with Gasteiger partial charge >= 0.3 is 0 Å². The van der Waals surface area contributed by atoms with Crippen molar-refractivity contribution in [1.82, 2.24) is 9.80 Å². The van der Waals surface area contributed by atoms with Crippen LogP contribution in [0.5, 0.6) is 5.75 Å². The predicted molar refractivity (Wildman–Crippen MR) is 135 cm³/mol. The van der Waals surface area contributed by atoms with Gasteiger partial charge in [0.05, 0.1) is 23.6 Å². The number of unbranched alkanes of at least 4 members (excludes halogenated alkanes) is 2. The molecule has 0 aliphatic carbocycles. The Bertz CT molecular complexity index is 1200. The Labute approximate surface area is 201 Å². The number of amides is 1. The molecule has 6 heteroatoms. The molecule has 1 unspecified atom stereocenters. The van der Waals surface area contributed by atoms with Gasteiger partial charge in [0.25, 0.3) is 5.91 Å². The number of para-hydroxylation sites is 1. The molecule has 2 aromatic carbocycles. The quantitative estimate of drug-likeness (QED) is 0.364. The Balaban J connectivity index is 1.75. The molecule has 0 N–H and O–H groups in total. The molecule has 1 aliphatic rings. The average Bonchev–Trinajstić information content (AvgIpc) is 3.14. The lowest BCUT2D eigenvalue weighted by Crippen LogP contribution is -2.37. The third-order valence-corrected chi connectivity index (χ3v) is 6.62. The van der Waals surface area contributed by atoms with E-state index in [1.54, 1.807) is 17.0 Å². The Morgan fingerprint density at radius 3 is 2.56 bits per heavy atom. The number of ether oxygens (including phenoxy) is 1. The summed E-state index contributed by atoms with van der Waals surface area (Å²) < 4.78 is 12.0. The number of hydrogen-bond acceptors (Lipinski definition) is 5. The summed E-state index contributed by atoms with van der Waals surface area (Å²) in [5.41, 5.74) is 1.58. The first-order valence-corrected chi connectivity index (χ1v) is 12.4. The fourth-order valence-corrected chi connectivity index (χ4v) is 4.65. The third kappa shape index (κ3) is 4.73. The molecule has 3 aromatic rings. The molecule has 6 nitrogen and oxygen atoms in total. The SMILES string of the molecule is CCCCCOc1cccc(C2c3c(oc4ccccc4c3=O)C(=O)N2CCN(CC)CC)c1. The van der Waals surface area contributed by atoms with E-state index in [0.29, 0.717) is 29.7 Å². The van der Waals surface area contributed by atoms with E-state index < -0.39 is 6.04 Å². The van der Waals surface area contributed by atoms with Crippen LogP contribution in [0.15, 0.2) is 57.7 Å². The smallest absolute Gasteiger partial charge is 0.290 e. The largest absolute Gasteiger partial charge is 0.494 e. The molecule has 0 spiro atoms. The summed E-state index contributed by atoms with van der Waals surface area (Å²) in [6.45, 7) is 10.1. The third-order valence-electron chi connectivity index (χ3n) is 6.62. The van der Waals surface area contributed by atoms with Gasteiger partial charge in [-0.25, -0.2) is 0 Å². The minimum atomic E-state index is -0.502. The zero-order valence-corrected chi connectivity index (χ0v) is 20.4. The fraction of sp³-hybridized carbons (Fsp3) is 0.429. The van der Waals surface area contributed by atoms with E-state index in [-0.39, 0.29) is 17.1 Å². The van der Waals surface area contributed by atoms with Crippen molar-refractivity contribution in [3.8, 4) is 5.75 Å².